The Balaban J connectivity index is 1.21. The molecule has 0 saturated carbocycles. The summed E-state index contributed by atoms with van der Waals surface area (Å²) in [4.78, 5) is 6.64. The lowest BCUT2D eigenvalue weighted by Crippen LogP contribution is -2.38. The van der Waals surface area contributed by atoms with Gasteiger partial charge in [0, 0.05) is 54.2 Å². The van der Waals surface area contributed by atoms with Gasteiger partial charge in [-0.3, -0.25) is 9.71 Å². The van der Waals surface area contributed by atoms with Crippen LogP contribution in [0.2, 0.25) is 0 Å². The van der Waals surface area contributed by atoms with Crippen LogP contribution in [0, 0.1) is 0 Å². The second-order valence-corrected chi connectivity index (χ2v) is 10.8. The van der Waals surface area contributed by atoms with Crippen LogP contribution in [0.15, 0.2) is 94.6 Å². The summed E-state index contributed by atoms with van der Waals surface area (Å²) in [6.45, 7) is 1.85. The van der Waals surface area contributed by atoms with Crippen molar-refractivity contribution in [3.8, 4) is 5.75 Å². The zero-order valence-electron chi connectivity index (χ0n) is 18.4. The van der Waals surface area contributed by atoms with Gasteiger partial charge in [0.05, 0.1) is 4.90 Å². The number of aromatic nitrogens is 1. The maximum absolute atomic E-state index is 12.9. The molecule has 5 rings (SSSR count). The predicted octanol–water partition coefficient (Wildman–Crippen LogP) is 5.85. The third-order valence-electron chi connectivity index (χ3n) is 5.99. The molecule has 2 heterocycles. The largest absolute Gasteiger partial charge is 0.490 e. The van der Waals surface area contributed by atoms with E-state index in [4.69, 9.17) is 4.74 Å². The maximum Gasteiger partial charge on any atom is 0.261 e. The number of nitrogens with one attached hydrogen (secondary N) is 1. The van der Waals surface area contributed by atoms with Crippen molar-refractivity contribution >= 4 is 48.1 Å². The quantitative estimate of drug-likeness (QED) is 0.334. The molecule has 1 aliphatic heterocycles. The first-order chi connectivity index (χ1) is 16.5. The van der Waals surface area contributed by atoms with Crippen LogP contribution < -0.4 is 14.4 Å². The van der Waals surface area contributed by atoms with Crippen molar-refractivity contribution in [3.05, 3.63) is 89.7 Å². The van der Waals surface area contributed by atoms with Gasteiger partial charge in [0.15, 0.2) is 0 Å². The lowest BCUT2D eigenvalue weighted by atomic mass is 10.1. The van der Waals surface area contributed by atoms with E-state index in [1.165, 1.54) is 5.69 Å². The van der Waals surface area contributed by atoms with Crippen LogP contribution >= 0.6 is 15.9 Å². The topological polar surface area (TPSA) is 71.5 Å². The summed E-state index contributed by atoms with van der Waals surface area (Å²) in [5, 5.41) is 1.82. The molecule has 1 N–H and O–H groups in total. The molecule has 8 heteroatoms. The van der Waals surface area contributed by atoms with E-state index in [1.807, 2.05) is 60.9 Å². The first-order valence-electron chi connectivity index (χ1n) is 11.1. The highest BCUT2D eigenvalue weighted by Crippen LogP contribution is 2.28. The normalized spacial score (nSPS) is 14.8. The van der Waals surface area contributed by atoms with E-state index >= 15 is 0 Å². The van der Waals surface area contributed by atoms with Crippen LogP contribution in [0.5, 0.6) is 5.75 Å². The average molecular weight is 538 g/mol. The molecule has 4 aromatic rings. The number of nitrogens with zero attached hydrogens (tertiary/aromatic N) is 2. The van der Waals surface area contributed by atoms with Crippen LogP contribution in [0.4, 0.5) is 11.4 Å². The zero-order valence-corrected chi connectivity index (χ0v) is 20.8. The summed E-state index contributed by atoms with van der Waals surface area (Å²) in [5.41, 5.74) is 1.68. The van der Waals surface area contributed by atoms with Crippen molar-refractivity contribution < 1.29 is 13.2 Å². The number of rotatable bonds is 6. The number of hydrogen-bond donors (Lipinski definition) is 1. The average Bonchev–Trinajstić information content (AvgIpc) is 2.86. The Kier molecular flexibility index (Phi) is 6.43. The van der Waals surface area contributed by atoms with Crippen LogP contribution in [-0.2, 0) is 10.0 Å². The summed E-state index contributed by atoms with van der Waals surface area (Å²) in [7, 11) is -3.71. The molecule has 3 aromatic carbocycles. The van der Waals surface area contributed by atoms with E-state index < -0.39 is 10.0 Å². The summed E-state index contributed by atoms with van der Waals surface area (Å²) < 4.78 is 35.6. The Labute approximate surface area is 207 Å². The molecule has 0 atom stereocenters. The third-order valence-corrected chi connectivity index (χ3v) is 8.06. The zero-order chi connectivity index (χ0) is 23.5. The highest BCUT2D eigenvalue weighted by atomic mass is 79.9. The summed E-state index contributed by atoms with van der Waals surface area (Å²) in [6, 6.07) is 22.0. The molecule has 1 saturated heterocycles. The minimum atomic E-state index is -3.71. The molecule has 1 aliphatic rings. The van der Waals surface area contributed by atoms with E-state index in [0.29, 0.717) is 5.69 Å². The molecule has 34 heavy (non-hydrogen) atoms. The van der Waals surface area contributed by atoms with Gasteiger partial charge >= 0.3 is 0 Å². The lowest BCUT2D eigenvalue weighted by Gasteiger charge is -2.33. The molecular weight excluding hydrogens is 514 g/mol. The Morgan fingerprint density at radius 3 is 2.41 bits per heavy atom. The standard InChI is InChI=1S/C26H24BrN3O3S/c27-26-3-1-2-19-18-24(8-9-25(19)26)34(31,32)29-20-4-6-22(7-5-20)33-23-12-16-30(17-13-23)21-10-14-28-15-11-21/h1-11,14-15,18,23,29H,12-13,16-17H2. The van der Waals surface area contributed by atoms with E-state index in [2.05, 4.69) is 30.5 Å². The molecule has 6 nitrogen and oxygen atoms in total. The molecule has 1 aromatic heterocycles. The number of benzene rings is 3. The van der Waals surface area contributed by atoms with Gasteiger partial charge in [-0.2, -0.15) is 0 Å². The molecule has 0 amide bonds. The molecular formula is C26H24BrN3O3S. The number of piperidine rings is 1. The van der Waals surface area contributed by atoms with E-state index in [1.54, 1.807) is 24.3 Å². The van der Waals surface area contributed by atoms with E-state index in [9.17, 15) is 8.42 Å². The van der Waals surface area contributed by atoms with Gasteiger partial charge in [0.1, 0.15) is 11.9 Å². The van der Waals surface area contributed by atoms with E-state index in [-0.39, 0.29) is 11.0 Å². The number of pyridine rings is 1. The van der Waals surface area contributed by atoms with Gasteiger partial charge in [0.25, 0.3) is 10.0 Å². The minimum Gasteiger partial charge on any atom is -0.490 e. The van der Waals surface area contributed by atoms with Crippen molar-refractivity contribution in [1.29, 1.82) is 0 Å². The molecule has 1 fully saturated rings. The van der Waals surface area contributed by atoms with Crippen molar-refractivity contribution in [2.75, 3.05) is 22.7 Å². The second kappa shape index (κ2) is 9.64. The van der Waals surface area contributed by atoms with Crippen molar-refractivity contribution in [3.63, 3.8) is 0 Å². The molecule has 0 spiro atoms. The van der Waals surface area contributed by atoms with Crippen molar-refractivity contribution in [2.45, 2.75) is 23.8 Å². The number of hydrogen-bond acceptors (Lipinski definition) is 5. The molecule has 0 bridgehead atoms. The second-order valence-electron chi connectivity index (χ2n) is 8.26. The summed E-state index contributed by atoms with van der Waals surface area (Å²) in [5.74, 6) is 0.737. The smallest absolute Gasteiger partial charge is 0.261 e. The Hall–Kier alpha value is -3.10. The van der Waals surface area contributed by atoms with Crippen LogP contribution in [0.25, 0.3) is 10.8 Å². The summed E-state index contributed by atoms with van der Waals surface area (Å²) in [6.07, 6.45) is 5.61. The van der Waals surface area contributed by atoms with Gasteiger partial charge in [-0.1, -0.05) is 34.1 Å². The van der Waals surface area contributed by atoms with E-state index in [0.717, 1.165) is 46.9 Å². The van der Waals surface area contributed by atoms with Gasteiger partial charge < -0.3 is 9.64 Å². The van der Waals surface area contributed by atoms with Gasteiger partial charge in [0.2, 0.25) is 0 Å². The van der Waals surface area contributed by atoms with Crippen molar-refractivity contribution in [1.82, 2.24) is 4.98 Å². The highest BCUT2D eigenvalue weighted by molar-refractivity contribution is 9.10. The van der Waals surface area contributed by atoms with Gasteiger partial charge in [-0.15, -0.1) is 0 Å². The minimum absolute atomic E-state index is 0.137. The van der Waals surface area contributed by atoms with Gasteiger partial charge in [-0.05, 0) is 65.4 Å². The SMILES string of the molecule is O=S(=O)(Nc1ccc(OC2CCN(c3ccncc3)CC2)cc1)c1ccc2c(Br)cccc2c1. The monoisotopic (exact) mass is 537 g/mol. The molecule has 174 valence electrons. The number of anilines is 2. The fourth-order valence-corrected chi connectivity index (χ4v) is 5.79. The number of halogens is 1. The Bertz CT molecular complexity index is 1390. The Morgan fingerprint density at radius 2 is 1.68 bits per heavy atom. The van der Waals surface area contributed by atoms with Crippen LogP contribution in [0.1, 0.15) is 12.8 Å². The van der Waals surface area contributed by atoms with Crippen LogP contribution in [-0.4, -0.2) is 32.6 Å². The number of sulfonamides is 1. The van der Waals surface area contributed by atoms with Crippen molar-refractivity contribution in [2.24, 2.45) is 0 Å². The first-order valence-corrected chi connectivity index (χ1v) is 13.4. The van der Waals surface area contributed by atoms with Gasteiger partial charge in [-0.25, -0.2) is 8.42 Å². The molecule has 0 aliphatic carbocycles. The molecule has 0 unspecified atom stereocenters. The lowest BCUT2D eigenvalue weighted by molar-refractivity contribution is 0.171. The predicted molar refractivity (Wildman–Crippen MR) is 139 cm³/mol. The fourth-order valence-electron chi connectivity index (χ4n) is 4.18. The number of ether oxygens (including phenoxy) is 1. The highest BCUT2D eigenvalue weighted by Gasteiger charge is 2.21. The van der Waals surface area contributed by atoms with Crippen LogP contribution in [0.3, 0.4) is 0 Å². The summed E-state index contributed by atoms with van der Waals surface area (Å²) >= 11 is 3.50. The fraction of sp³-hybridized carbons (Fsp3) is 0.192. The first kappa shape index (κ1) is 22.7. The number of fused-ring (bicyclic) bond motifs is 1. The Morgan fingerprint density at radius 1 is 0.941 bits per heavy atom. The third kappa shape index (κ3) is 5.03. The maximum atomic E-state index is 12.9. The molecule has 0 radical (unpaired) electrons.